The summed E-state index contributed by atoms with van der Waals surface area (Å²) in [6.07, 6.45) is -2.42. The summed E-state index contributed by atoms with van der Waals surface area (Å²) < 4.78 is 23.4. The molecule has 0 amide bonds. The first kappa shape index (κ1) is 6.61. The third-order valence-corrected chi connectivity index (χ3v) is 1.65. The van der Waals surface area contributed by atoms with Gasteiger partial charge < -0.3 is 0 Å². The zero-order valence-electron chi connectivity index (χ0n) is 4.77. The Morgan fingerprint density at radius 2 is 2.33 bits per heavy atom. The molecule has 0 fully saturated rings. The molecule has 1 nitrogen and oxygen atoms in total. The first-order chi connectivity index (χ1) is 4.20. The van der Waals surface area contributed by atoms with Crippen molar-refractivity contribution in [1.29, 1.82) is 0 Å². The molecule has 0 spiro atoms. The van der Waals surface area contributed by atoms with Gasteiger partial charge in [-0.1, -0.05) is 0 Å². The number of hydrogen-bond acceptors (Lipinski definition) is 2. The molecular weight excluding hydrogens is 144 g/mol. The van der Waals surface area contributed by atoms with Crippen molar-refractivity contribution >= 4 is 11.3 Å². The summed E-state index contributed by atoms with van der Waals surface area (Å²) in [5.74, 6) is 0. The number of rotatable bonds is 1. The monoisotopic (exact) mass is 149 g/mol. The maximum atomic E-state index is 11.7. The van der Waals surface area contributed by atoms with E-state index in [0.29, 0.717) is 5.01 Å². The number of thiazole rings is 1. The lowest BCUT2D eigenvalue weighted by Crippen LogP contribution is -1.81. The lowest BCUT2D eigenvalue weighted by Gasteiger charge is -1.87. The lowest BCUT2D eigenvalue weighted by atomic mass is 10.5. The summed E-state index contributed by atoms with van der Waals surface area (Å²) in [7, 11) is 0. The average molecular weight is 149 g/mol. The fraction of sp³-hybridized carbons (Fsp3) is 0.400. The molecule has 0 bridgehead atoms. The van der Waals surface area contributed by atoms with Crippen molar-refractivity contribution < 1.29 is 8.78 Å². The van der Waals surface area contributed by atoms with Gasteiger partial charge in [0.2, 0.25) is 0 Å². The van der Waals surface area contributed by atoms with Crippen LogP contribution in [-0.4, -0.2) is 4.98 Å². The van der Waals surface area contributed by atoms with Gasteiger partial charge in [-0.2, -0.15) is 0 Å². The van der Waals surface area contributed by atoms with E-state index in [1.54, 1.807) is 6.92 Å². The Labute approximate surface area is 55.4 Å². The van der Waals surface area contributed by atoms with Crippen LogP contribution in [0.15, 0.2) is 5.38 Å². The Hall–Kier alpha value is -0.510. The van der Waals surface area contributed by atoms with Crippen LogP contribution in [-0.2, 0) is 0 Å². The molecule has 1 rings (SSSR count). The molecule has 50 valence electrons. The molecule has 0 unspecified atom stereocenters. The largest absolute Gasteiger partial charge is 0.281 e. The molecule has 1 aromatic rings. The van der Waals surface area contributed by atoms with Crippen LogP contribution in [0.1, 0.15) is 17.1 Å². The molecule has 0 radical (unpaired) electrons. The normalized spacial score (nSPS) is 10.7. The lowest BCUT2D eigenvalue weighted by molar-refractivity contribution is 0.146. The number of halogens is 2. The highest BCUT2D eigenvalue weighted by Crippen LogP contribution is 2.19. The van der Waals surface area contributed by atoms with Crippen molar-refractivity contribution in [1.82, 2.24) is 4.98 Å². The smallest absolute Gasteiger partial charge is 0.241 e. The molecule has 1 heterocycles. The Morgan fingerprint density at radius 3 is 2.56 bits per heavy atom. The Bertz CT molecular complexity index is 197. The molecule has 0 atom stereocenters. The number of aryl methyl sites for hydroxylation is 1. The van der Waals surface area contributed by atoms with Gasteiger partial charge in [-0.15, -0.1) is 11.3 Å². The van der Waals surface area contributed by atoms with E-state index in [-0.39, 0.29) is 5.69 Å². The first-order valence-electron chi connectivity index (χ1n) is 2.40. The van der Waals surface area contributed by atoms with Crippen LogP contribution in [0, 0.1) is 6.92 Å². The summed E-state index contributed by atoms with van der Waals surface area (Å²) in [6, 6.07) is 0. The molecule has 0 aliphatic heterocycles. The van der Waals surface area contributed by atoms with E-state index in [4.69, 9.17) is 0 Å². The van der Waals surface area contributed by atoms with Crippen LogP contribution in [0.3, 0.4) is 0 Å². The van der Waals surface area contributed by atoms with E-state index < -0.39 is 6.43 Å². The van der Waals surface area contributed by atoms with Crippen molar-refractivity contribution in [2.75, 3.05) is 0 Å². The quantitative estimate of drug-likeness (QED) is 0.597. The number of nitrogens with zero attached hydrogens (tertiary/aromatic N) is 1. The van der Waals surface area contributed by atoms with Gasteiger partial charge in [-0.3, -0.25) is 0 Å². The van der Waals surface area contributed by atoms with E-state index in [9.17, 15) is 8.78 Å². The maximum absolute atomic E-state index is 11.7. The second-order valence-electron chi connectivity index (χ2n) is 1.59. The van der Waals surface area contributed by atoms with Crippen LogP contribution in [0.5, 0.6) is 0 Å². The van der Waals surface area contributed by atoms with Crippen molar-refractivity contribution in [3.8, 4) is 0 Å². The predicted molar refractivity (Wildman–Crippen MR) is 31.8 cm³/mol. The molecule has 1 aromatic heterocycles. The van der Waals surface area contributed by atoms with Crippen LogP contribution >= 0.6 is 11.3 Å². The molecular formula is C5H5F2NS. The minimum Gasteiger partial charge on any atom is -0.241 e. The van der Waals surface area contributed by atoms with Crippen molar-refractivity contribution in [3.05, 3.63) is 16.1 Å². The van der Waals surface area contributed by atoms with Crippen LogP contribution in [0.25, 0.3) is 0 Å². The number of aromatic nitrogens is 1. The second kappa shape index (κ2) is 2.39. The summed E-state index contributed by atoms with van der Waals surface area (Å²) in [4.78, 5) is 3.58. The minimum absolute atomic E-state index is 0.113. The third kappa shape index (κ3) is 1.45. The van der Waals surface area contributed by atoms with Gasteiger partial charge in [0.25, 0.3) is 6.43 Å². The van der Waals surface area contributed by atoms with E-state index in [0.717, 1.165) is 0 Å². The summed E-state index contributed by atoms with van der Waals surface area (Å²) in [6.45, 7) is 1.70. The summed E-state index contributed by atoms with van der Waals surface area (Å²) >= 11 is 1.24. The maximum Gasteiger partial charge on any atom is 0.281 e. The zero-order chi connectivity index (χ0) is 6.85. The second-order valence-corrected chi connectivity index (χ2v) is 2.65. The number of hydrogen-bond donors (Lipinski definition) is 0. The predicted octanol–water partition coefficient (Wildman–Crippen LogP) is 2.39. The van der Waals surface area contributed by atoms with Crippen molar-refractivity contribution in [2.24, 2.45) is 0 Å². The summed E-state index contributed by atoms with van der Waals surface area (Å²) in [5, 5.41) is 2.06. The Kier molecular flexibility index (Phi) is 1.75. The molecule has 9 heavy (non-hydrogen) atoms. The topological polar surface area (TPSA) is 12.9 Å². The van der Waals surface area contributed by atoms with Gasteiger partial charge >= 0.3 is 0 Å². The SMILES string of the molecule is Cc1nc(C(F)F)cs1. The van der Waals surface area contributed by atoms with E-state index in [1.165, 1.54) is 16.7 Å². The zero-order valence-corrected chi connectivity index (χ0v) is 5.58. The molecule has 0 aromatic carbocycles. The highest BCUT2D eigenvalue weighted by molar-refractivity contribution is 7.09. The molecule has 0 saturated carbocycles. The van der Waals surface area contributed by atoms with Gasteiger partial charge in [-0.05, 0) is 6.92 Å². The van der Waals surface area contributed by atoms with Crippen LogP contribution in [0.2, 0.25) is 0 Å². The van der Waals surface area contributed by atoms with Gasteiger partial charge in [0.1, 0.15) is 5.69 Å². The Balaban J connectivity index is 2.85. The van der Waals surface area contributed by atoms with Gasteiger partial charge in [-0.25, -0.2) is 13.8 Å². The van der Waals surface area contributed by atoms with Crippen molar-refractivity contribution in [2.45, 2.75) is 13.3 Å². The molecule has 0 aliphatic rings. The highest BCUT2D eigenvalue weighted by atomic mass is 32.1. The summed E-state index contributed by atoms with van der Waals surface area (Å²) in [5.41, 5.74) is -0.113. The first-order valence-corrected chi connectivity index (χ1v) is 3.28. The van der Waals surface area contributed by atoms with Crippen LogP contribution < -0.4 is 0 Å². The molecule has 0 N–H and O–H groups in total. The van der Waals surface area contributed by atoms with Crippen LogP contribution in [0.4, 0.5) is 8.78 Å². The standard InChI is InChI=1S/C5H5F2NS/c1-3-8-4(2-9-3)5(6)7/h2,5H,1H3. The minimum atomic E-state index is -2.42. The van der Waals surface area contributed by atoms with Crippen molar-refractivity contribution in [3.63, 3.8) is 0 Å². The molecule has 0 aliphatic carbocycles. The van der Waals surface area contributed by atoms with Gasteiger partial charge in [0, 0.05) is 5.38 Å². The number of alkyl halides is 2. The Morgan fingerprint density at radius 1 is 1.67 bits per heavy atom. The molecule has 4 heteroatoms. The van der Waals surface area contributed by atoms with E-state index >= 15 is 0 Å². The molecule has 0 saturated heterocycles. The average Bonchev–Trinajstić information content (AvgIpc) is 2.14. The fourth-order valence-electron chi connectivity index (χ4n) is 0.480. The highest BCUT2D eigenvalue weighted by Gasteiger charge is 2.08. The van der Waals surface area contributed by atoms with E-state index in [1.807, 2.05) is 0 Å². The van der Waals surface area contributed by atoms with Gasteiger partial charge in [0.15, 0.2) is 0 Å². The third-order valence-electron chi connectivity index (χ3n) is 0.860. The van der Waals surface area contributed by atoms with Gasteiger partial charge in [0.05, 0.1) is 5.01 Å². The van der Waals surface area contributed by atoms with E-state index in [2.05, 4.69) is 4.98 Å². The fourth-order valence-corrected chi connectivity index (χ4v) is 1.09.